The van der Waals surface area contributed by atoms with E-state index in [0.29, 0.717) is 41.6 Å². The first kappa shape index (κ1) is 51.0. The topological polar surface area (TPSA) is 338 Å². The summed E-state index contributed by atoms with van der Waals surface area (Å²) in [6, 6.07) is 8.74. The number of aliphatic hydroxyl groups is 3. The molecule has 0 spiro atoms. The Hall–Kier alpha value is -6.84. The van der Waals surface area contributed by atoms with Crippen molar-refractivity contribution in [2.75, 3.05) is 6.54 Å². The van der Waals surface area contributed by atoms with Crippen LogP contribution in [0.4, 0.5) is 0 Å². The first-order chi connectivity index (χ1) is 33.5. The molecule has 3 fully saturated rings. The van der Waals surface area contributed by atoms with Crippen LogP contribution in [-0.2, 0) is 43.5 Å². The summed E-state index contributed by atoms with van der Waals surface area (Å²) in [5.74, 6) is -6.47. The van der Waals surface area contributed by atoms with Crippen LogP contribution in [0.5, 0.6) is 5.75 Å². The smallest absolute Gasteiger partial charge is 0.364 e. The molecule has 2 aliphatic carbocycles. The van der Waals surface area contributed by atoms with Gasteiger partial charge in [-0.2, -0.15) is 5.26 Å². The third kappa shape index (κ3) is 12.5. The van der Waals surface area contributed by atoms with Gasteiger partial charge in [-0.3, -0.25) is 19.2 Å². The lowest BCUT2D eigenvalue weighted by Crippen LogP contribution is -2.69. The Bertz CT molecular complexity index is 2550. The van der Waals surface area contributed by atoms with E-state index in [1.165, 1.54) is 33.8 Å². The summed E-state index contributed by atoms with van der Waals surface area (Å²) in [7, 11) is 0. The van der Waals surface area contributed by atoms with Crippen LogP contribution in [0.1, 0.15) is 119 Å². The van der Waals surface area contributed by atoms with Crippen LogP contribution in [0.25, 0.3) is 0 Å². The molecule has 23 nitrogen and oxygen atoms in total. The Morgan fingerprint density at radius 2 is 1.53 bits per heavy atom. The minimum atomic E-state index is -2.68. The maximum Gasteiger partial charge on any atom is 0.364 e. The van der Waals surface area contributed by atoms with Gasteiger partial charge >= 0.3 is 5.97 Å². The van der Waals surface area contributed by atoms with Crippen molar-refractivity contribution in [3.8, 4) is 11.8 Å². The Labute approximate surface area is 402 Å². The van der Waals surface area contributed by atoms with Crippen molar-refractivity contribution < 1.29 is 59.0 Å². The van der Waals surface area contributed by atoms with Gasteiger partial charge in [0.1, 0.15) is 36.7 Å². The molecule has 8 atom stereocenters. The van der Waals surface area contributed by atoms with Gasteiger partial charge in [-0.1, -0.05) is 48.6 Å². The number of carbonyl (C=O) groups is 5. The lowest BCUT2D eigenvalue weighted by Gasteiger charge is -2.48. The van der Waals surface area contributed by atoms with Crippen molar-refractivity contribution >= 4 is 29.6 Å². The number of carboxylic acids is 1. The Morgan fingerprint density at radius 1 is 0.871 bits per heavy atom. The van der Waals surface area contributed by atoms with Crippen molar-refractivity contribution in [2.45, 2.75) is 152 Å². The number of carboxylic acid groups (broad SMARTS) is 1. The van der Waals surface area contributed by atoms with Crippen molar-refractivity contribution in [2.24, 2.45) is 0 Å². The number of carbonyl (C=O) groups excluding carboxylic acids is 4. The number of aliphatic carboxylic acids is 1. The molecule has 70 heavy (non-hydrogen) atoms. The Morgan fingerprint density at radius 3 is 2.24 bits per heavy atom. The van der Waals surface area contributed by atoms with Crippen LogP contribution in [-0.4, -0.2) is 140 Å². The molecule has 374 valence electrons. The third-order valence-corrected chi connectivity index (χ3v) is 13.0. The highest BCUT2D eigenvalue weighted by molar-refractivity contribution is 5.95. The molecule has 4 aromatic rings. The standard InChI is InChI=1S/C47H59N11O12/c1-26-15-31(16-27(2)41(26)63)45(66)50-21-36(60)42(64)43-40(52-39(62)25-58-23-34(54-56-58)29-10-4-3-5-11-29)35(59)18-47(70-43,46(67)68)69-37-14-7-6-13-33(37)51-38(61)24-57-22-32(53-55-57)20-49-44(65)30-12-8-9-28(17-30)19-48/h8-9,12,15-17,22-23,29,33,35-37,40,42-43,59-60,63-64H,3-7,10-11,13-14,18,20-21,24-25H2,1-2H3,(H,49,65)(H,50,66)(H,51,61)(H,52,62)(H,67,68)/t33-,35+,36-,37-,40-,42-,43-,47-/m1/s1. The summed E-state index contributed by atoms with van der Waals surface area (Å²) in [4.78, 5) is 66.2. The van der Waals surface area contributed by atoms with E-state index in [2.05, 4.69) is 41.9 Å². The van der Waals surface area contributed by atoms with Gasteiger partial charge in [0.05, 0.1) is 60.5 Å². The van der Waals surface area contributed by atoms with Crippen LogP contribution in [0.15, 0.2) is 48.8 Å². The maximum atomic E-state index is 13.6. The van der Waals surface area contributed by atoms with Gasteiger partial charge in [0.15, 0.2) is 0 Å². The number of nitriles is 1. The number of benzene rings is 2. The number of nitrogens with zero attached hydrogens (tertiary/aromatic N) is 7. The number of hydrogen-bond acceptors (Lipinski definition) is 16. The van der Waals surface area contributed by atoms with Gasteiger partial charge < -0.3 is 56.3 Å². The number of aliphatic hydroxyl groups excluding tert-OH is 3. The molecule has 3 aliphatic rings. The number of hydrogen-bond donors (Lipinski definition) is 9. The number of amides is 4. The highest BCUT2D eigenvalue weighted by atomic mass is 16.7. The average Bonchev–Trinajstić information content (AvgIpc) is 4.02. The second-order valence-corrected chi connectivity index (χ2v) is 18.3. The summed E-state index contributed by atoms with van der Waals surface area (Å²) >= 11 is 0. The monoisotopic (exact) mass is 969 g/mol. The number of ether oxygens (including phenoxy) is 2. The van der Waals surface area contributed by atoms with E-state index in [1.807, 2.05) is 6.07 Å². The summed E-state index contributed by atoms with van der Waals surface area (Å²) < 4.78 is 15.0. The minimum absolute atomic E-state index is 0.0102. The van der Waals surface area contributed by atoms with E-state index in [-0.39, 0.29) is 48.8 Å². The van der Waals surface area contributed by atoms with Crippen molar-refractivity contribution in [1.82, 2.24) is 51.3 Å². The Kier molecular flexibility index (Phi) is 16.6. The van der Waals surface area contributed by atoms with Crippen LogP contribution in [0.3, 0.4) is 0 Å². The fraction of sp³-hybridized carbons (Fsp3) is 0.532. The zero-order valence-electron chi connectivity index (χ0n) is 38.9. The van der Waals surface area contributed by atoms with Crippen molar-refractivity contribution in [3.05, 3.63) is 88.0 Å². The molecular weight excluding hydrogens is 911 g/mol. The second kappa shape index (κ2) is 22.7. The number of phenols is 1. The number of rotatable bonds is 18. The molecule has 7 rings (SSSR count). The molecule has 0 bridgehead atoms. The Balaban J connectivity index is 1.04. The lowest BCUT2D eigenvalue weighted by atomic mass is 9.87. The quantitative estimate of drug-likeness (QED) is 0.0664. The summed E-state index contributed by atoms with van der Waals surface area (Å²) in [5.41, 5.74) is 2.71. The number of nitrogens with one attached hydrogen (secondary N) is 4. The average molecular weight is 970 g/mol. The van der Waals surface area contributed by atoms with Gasteiger partial charge in [0.25, 0.3) is 17.6 Å². The number of aromatic hydroxyl groups is 1. The first-order valence-corrected chi connectivity index (χ1v) is 23.4. The summed E-state index contributed by atoms with van der Waals surface area (Å²) in [6.45, 7) is 1.95. The SMILES string of the molecule is Cc1cc(C(=O)NC[C@@H](O)[C@@H](O)[C@@H]2O[C@@](O[C@@H]3CCCC[C@H]3NC(=O)Cn3cc(CNC(=O)c4cccc(C#N)c4)nn3)(C(=O)O)C[C@H](O)[C@H]2NC(=O)Cn2cc(C3CCCCC3)nn2)cc(C)c1O. The second-order valence-electron chi connectivity index (χ2n) is 18.3. The summed E-state index contributed by atoms with van der Waals surface area (Å²) in [5, 5.41) is 92.1. The van der Waals surface area contributed by atoms with E-state index in [0.717, 1.165) is 37.8 Å². The fourth-order valence-corrected chi connectivity index (χ4v) is 9.31. The molecule has 3 heterocycles. The third-order valence-electron chi connectivity index (χ3n) is 13.0. The first-order valence-electron chi connectivity index (χ1n) is 23.4. The predicted octanol–water partition coefficient (Wildman–Crippen LogP) is 0.753. The van der Waals surface area contributed by atoms with Gasteiger partial charge in [-0.05, 0) is 81.0 Å². The molecule has 2 saturated carbocycles. The zero-order valence-corrected chi connectivity index (χ0v) is 38.9. The van der Waals surface area contributed by atoms with Gasteiger partial charge in [-0.15, -0.1) is 10.2 Å². The molecule has 9 N–H and O–H groups in total. The molecule has 1 saturated heterocycles. The largest absolute Gasteiger partial charge is 0.507 e. The molecular formula is C47H59N11O12. The van der Waals surface area contributed by atoms with Crippen LogP contribution >= 0.6 is 0 Å². The summed E-state index contributed by atoms with van der Waals surface area (Å²) in [6.07, 6.45) is 0.866. The minimum Gasteiger partial charge on any atom is -0.507 e. The molecule has 2 aromatic carbocycles. The molecule has 2 aromatic heterocycles. The van der Waals surface area contributed by atoms with Gasteiger partial charge in [0, 0.05) is 36.2 Å². The van der Waals surface area contributed by atoms with E-state index < -0.39 is 91.0 Å². The normalized spacial score (nSPS) is 23.6. The molecule has 0 radical (unpaired) electrons. The fourth-order valence-electron chi connectivity index (χ4n) is 9.31. The number of aryl methyl sites for hydroxylation is 2. The predicted molar refractivity (Wildman–Crippen MR) is 243 cm³/mol. The highest BCUT2D eigenvalue weighted by Gasteiger charge is 2.57. The van der Waals surface area contributed by atoms with Crippen LogP contribution < -0.4 is 21.3 Å². The highest BCUT2D eigenvalue weighted by Crippen LogP contribution is 2.37. The molecule has 4 amide bonds. The molecule has 23 heteroatoms. The number of phenolic OH excluding ortho intramolecular Hbond substituents is 1. The lowest BCUT2D eigenvalue weighted by molar-refractivity contribution is -0.325. The van der Waals surface area contributed by atoms with Crippen molar-refractivity contribution in [1.29, 1.82) is 5.26 Å². The van der Waals surface area contributed by atoms with Gasteiger partial charge in [0.2, 0.25) is 11.8 Å². The molecule has 1 aliphatic heterocycles. The van der Waals surface area contributed by atoms with E-state index >= 15 is 0 Å². The zero-order chi connectivity index (χ0) is 50.1. The van der Waals surface area contributed by atoms with Gasteiger partial charge in [-0.25, -0.2) is 14.2 Å². The van der Waals surface area contributed by atoms with Crippen LogP contribution in [0, 0.1) is 25.2 Å². The van der Waals surface area contributed by atoms with Crippen LogP contribution in [0.2, 0.25) is 0 Å². The number of aromatic nitrogens is 6. The maximum absolute atomic E-state index is 13.6. The van der Waals surface area contributed by atoms with E-state index in [1.54, 1.807) is 38.2 Å². The van der Waals surface area contributed by atoms with Crippen molar-refractivity contribution in [3.63, 3.8) is 0 Å². The van der Waals surface area contributed by atoms with E-state index in [4.69, 9.17) is 14.7 Å². The molecule has 0 unspecified atom stereocenters. The van der Waals surface area contributed by atoms with E-state index in [9.17, 15) is 49.5 Å².